The van der Waals surface area contributed by atoms with E-state index in [4.69, 9.17) is 0 Å². The van der Waals surface area contributed by atoms with E-state index in [0.29, 0.717) is 11.8 Å². The first-order valence-corrected chi connectivity index (χ1v) is 12.0. The molecule has 0 unspecified atom stereocenters. The Balaban J connectivity index is 1.59. The zero-order chi connectivity index (χ0) is 21.8. The number of carbonyl (C=O) groups is 1. The molecule has 3 aliphatic rings. The third kappa shape index (κ3) is 3.30. The predicted octanol–water partition coefficient (Wildman–Crippen LogP) is 3.61. The van der Waals surface area contributed by atoms with E-state index in [2.05, 4.69) is 15.4 Å². The van der Waals surface area contributed by atoms with Crippen LogP contribution in [0.25, 0.3) is 0 Å². The minimum Gasteiger partial charge on any atom is -0.325 e. The van der Waals surface area contributed by atoms with E-state index >= 15 is 0 Å². The fraction of sp³-hybridized carbons (Fsp3) is 0.409. The second-order valence-electron chi connectivity index (χ2n) is 8.58. The van der Waals surface area contributed by atoms with Crippen LogP contribution in [0.3, 0.4) is 0 Å². The Morgan fingerprint density at radius 2 is 1.81 bits per heavy atom. The van der Waals surface area contributed by atoms with E-state index in [1.807, 2.05) is 0 Å². The summed E-state index contributed by atoms with van der Waals surface area (Å²) in [6.45, 7) is 1.69. The number of carbonyl (C=O) groups excluding carboxylic acids is 1. The molecular formula is C22H23F2N3O3S. The van der Waals surface area contributed by atoms with Gasteiger partial charge in [0, 0.05) is 17.4 Å². The Morgan fingerprint density at radius 1 is 1.06 bits per heavy atom. The molecule has 2 aromatic rings. The normalized spacial score (nSPS) is 20.3. The van der Waals surface area contributed by atoms with Gasteiger partial charge in [0.1, 0.15) is 16.5 Å². The zero-order valence-corrected chi connectivity index (χ0v) is 17.6. The lowest BCUT2D eigenvalue weighted by Gasteiger charge is -2.36. The number of benzene rings is 2. The summed E-state index contributed by atoms with van der Waals surface area (Å²) in [6.07, 6.45) is 4.13. The molecule has 0 radical (unpaired) electrons. The summed E-state index contributed by atoms with van der Waals surface area (Å²) < 4.78 is 55.6. The number of piperidine rings is 1. The average molecular weight is 448 g/mol. The van der Waals surface area contributed by atoms with Gasteiger partial charge >= 0.3 is 0 Å². The second-order valence-corrected chi connectivity index (χ2v) is 10.2. The van der Waals surface area contributed by atoms with Gasteiger partial charge in [0.25, 0.3) is 10.0 Å². The van der Waals surface area contributed by atoms with Gasteiger partial charge in [0.05, 0.1) is 5.41 Å². The molecule has 31 heavy (non-hydrogen) atoms. The first kappa shape index (κ1) is 20.4. The maximum Gasteiger partial charge on any atom is 0.264 e. The van der Waals surface area contributed by atoms with Gasteiger partial charge in [-0.05, 0) is 80.1 Å². The lowest BCUT2D eigenvalue weighted by Crippen LogP contribution is -2.40. The largest absolute Gasteiger partial charge is 0.325 e. The molecule has 0 atom stereocenters. The molecule has 1 amide bonds. The van der Waals surface area contributed by atoms with Crippen molar-refractivity contribution in [2.75, 3.05) is 23.1 Å². The Bertz CT molecular complexity index is 1170. The third-order valence-corrected chi connectivity index (χ3v) is 8.19. The van der Waals surface area contributed by atoms with Crippen molar-refractivity contribution in [3.05, 3.63) is 53.1 Å². The molecule has 2 fully saturated rings. The minimum atomic E-state index is -4.27. The monoisotopic (exact) mass is 447 g/mol. The van der Waals surface area contributed by atoms with E-state index in [-0.39, 0.29) is 11.8 Å². The molecule has 1 saturated heterocycles. The fourth-order valence-corrected chi connectivity index (χ4v) is 6.08. The summed E-state index contributed by atoms with van der Waals surface area (Å²) in [6, 6.07) is 5.80. The Labute approximate surface area is 179 Å². The molecule has 6 nitrogen and oxygen atoms in total. The third-order valence-electron chi connectivity index (χ3n) is 6.78. The van der Waals surface area contributed by atoms with Crippen LogP contribution in [0, 0.1) is 11.6 Å². The molecule has 1 aliphatic carbocycles. The smallest absolute Gasteiger partial charge is 0.264 e. The van der Waals surface area contributed by atoms with Crippen molar-refractivity contribution in [3.63, 3.8) is 0 Å². The molecule has 2 heterocycles. The Hall–Kier alpha value is -2.52. The van der Waals surface area contributed by atoms with Gasteiger partial charge < -0.3 is 10.6 Å². The molecule has 1 spiro atoms. The number of anilines is 2. The maximum atomic E-state index is 14.2. The van der Waals surface area contributed by atoms with Gasteiger partial charge in [-0.1, -0.05) is 6.42 Å². The highest BCUT2D eigenvalue weighted by molar-refractivity contribution is 7.92. The minimum absolute atomic E-state index is 0.0338. The van der Waals surface area contributed by atoms with Crippen LogP contribution in [0.5, 0.6) is 0 Å². The van der Waals surface area contributed by atoms with Crippen LogP contribution < -0.4 is 15.4 Å². The number of sulfonamides is 1. The van der Waals surface area contributed by atoms with Crippen LogP contribution in [0.2, 0.25) is 0 Å². The standard InChI is InChI=1S/C22H23F2N3O3S/c23-14-2-3-19(18(24)10-14)31(29,30)27-15-11-16(13-4-8-25-9-5-13)20-17(12-15)22(6-1-7-22)21(28)26-20/h2-3,10-13,25,27H,1,4-9H2,(H,26,28). The molecule has 3 N–H and O–H groups in total. The van der Waals surface area contributed by atoms with Crippen molar-refractivity contribution < 1.29 is 22.0 Å². The number of hydrogen-bond donors (Lipinski definition) is 3. The van der Waals surface area contributed by atoms with E-state index in [1.54, 1.807) is 12.1 Å². The second kappa shape index (κ2) is 7.27. The van der Waals surface area contributed by atoms with E-state index in [0.717, 1.165) is 74.1 Å². The number of hydrogen-bond acceptors (Lipinski definition) is 4. The molecule has 2 aromatic carbocycles. The van der Waals surface area contributed by atoms with Crippen LogP contribution >= 0.6 is 0 Å². The zero-order valence-electron chi connectivity index (χ0n) is 16.8. The van der Waals surface area contributed by atoms with Gasteiger partial charge in [0.15, 0.2) is 0 Å². The van der Waals surface area contributed by atoms with Gasteiger partial charge in [-0.25, -0.2) is 17.2 Å². The molecule has 0 aromatic heterocycles. The van der Waals surface area contributed by atoms with Crippen molar-refractivity contribution >= 4 is 27.3 Å². The molecule has 5 rings (SSSR count). The molecular weight excluding hydrogens is 424 g/mol. The van der Waals surface area contributed by atoms with Crippen LogP contribution in [0.1, 0.15) is 49.1 Å². The quantitative estimate of drug-likeness (QED) is 0.668. The van der Waals surface area contributed by atoms with Crippen LogP contribution in [-0.2, 0) is 20.2 Å². The molecule has 2 aliphatic heterocycles. The fourth-order valence-electron chi connectivity index (χ4n) is 4.98. The molecule has 164 valence electrons. The van der Waals surface area contributed by atoms with Crippen molar-refractivity contribution in [1.29, 1.82) is 0 Å². The van der Waals surface area contributed by atoms with Gasteiger partial charge in [-0.15, -0.1) is 0 Å². The van der Waals surface area contributed by atoms with Gasteiger partial charge in [-0.3, -0.25) is 9.52 Å². The SMILES string of the molecule is O=C1Nc2c(C3CCNCC3)cc(NS(=O)(=O)c3ccc(F)cc3F)cc2C12CCC2. The topological polar surface area (TPSA) is 87.3 Å². The van der Waals surface area contributed by atoms with Crippen LogP contribution in [-0.4, -0.2) is 27.4 Å². The van der Waals surface area contributed by atoms with Crippen molar-refractivity contribution in [3.8, 4) is 0 Å². The maximum absolute atomic E-state index is 14.2. The Morgan fingerprint density at radius 3 is 2.45 bits per heavy atom. The van der Waals surface area contributed by atoms with E-state index in [1.165, 1.54) is 0 Å². The first-order valence-electron chi connectivity index (χ1n) is 10.5. The molecule has 1 saturated carbocycles. The predicted molar refractivity (Wildman–Crippen MR) is 113 cm³/mol. The lowest BCUT2D eigenvalue weighted by molar-refractivity contribution is -0.123. The summed E-state index contributed by atoms with van der Waals surface area (Å²) >= 11 is 0. The molecule has 0 bridgehead atoms. The van der Waals surface area contributed by atoms with E-state index < -0.39 is 32.0 Å². The summed E-state index contributed by atoms with van der Waals surface area (Å²) in [5.74, 6) is -1.86. The number of nitrogens with one attached hydrogen (secondary N) is 3. The summed E-state index contributed by atoms with van der Waals surface area (Å²) in [4.78, 5) is 12.2. The highest BCUT2D eigenvalue weighted by Gasteiger charge is 2.52. The van der Waals surface area contributed by atoms with Gasteiger partial charge in [-0.2, -0.15) is 0 Å². The van der Waals surface area contributed by atoms with E-state index in [9.17, 15) is 22.0 Å². The molecule has 9 heteroatoms. The van der Waals surface area contributed by atoms with Crippen molar-refractivity contribution in [2.45, 2.75) is 48.3 Å². The number of rotatable bonds is 4. The van der Waals surface area contributed by atoms with Gasteiger partial charge in [0.2, 0.25) is 5.91 Å². The number of halogens is 2. The number of fused-ring (bicyclic) bond motifs is 2. The van der Waals surface area contributed by atoms with Crippen molar-refractivity contribution in [1.82, 2.24) is 5.32 Å². The average Bonchev–Trinajstić information content (AvgIpc) is 2.99. The number of amides is 1. The van der Waals surface area contributed by atoms with Crippen molar-refractivity contribution in [2.24, 2.45) is 0 Å². The Kier molecular flexibility index (Phi) is 4.78. The first-order chi connectivity index (χ1) is 14.8. The highest BCUT2D eigenvalue weighted by atomic mass is 32.2. The van der Waals surface area contributed by atoms with Crippen LogP contribution in [0.4, 0.5) is 20.2 Å². The summed E-state index contributed by atoms with van der Waals surface area (Å²) in [5, 5.41) is 6.37. The lowest BCUT2D eigenvalue weighted by atomic mass is 9.65. The summed E-state index contributed by atoms with van der Waals surface area (Å²) in [5.41, 5.74) is 2.20. The summed E-state index contributed by atoms with van der Waals surface area (Å²) in [7, 11) is -4.27. The highest BCUT2D eigenvalue weighted by Crippen LogP contribution is 2.54. The van der Waals surface area contributed by atoms with Crippen LogP contribution in [0.15, 0.2) is 35.2 Å².